The third kappa shape index (κ3) is 3.09. The van der Waals surface area contributed by atoms with Gasteiger partial charge in [-0.05, 0) is 5.56 Å². The molecule has 1 saturated heterocycles. The molecule has 4 heteroatoms. The van der Waals surface area contributed by atoms with Gasteiger partial charge in [0.1, 0.15) is 0 Å². The highest BCUT2D eigenvalue weighted by Gasteiger charge is 2.27. The van der Waals surface area contributed by atoms with Crippen LogP contribution >= 0.6 is 0 Å². The molecule has 1 aliphatic rings. The lowest BCUT2D eigenvalue weighted by molar-refractivity contribution is -0.135. The normalized spacial score (nSPS) is 19.8. The Morgan fingerprint density at radius 1 is 1.44 bits per heavy atom. The fraction of sp³-hybridized carbons (Fsp3) is 0.500. The van der Waals surface area contributed by atoms with E-state index in [-0.39, 0.29) is 11.9 Å². The lowest BCUT2D eigenvalue weighted by Crippen LogP contribution is -2.48. The first-order valence-corrected chi connectivity index (χ1v) is 6.37. The molecule has 0 radical (unpaired) electrons. The zero-order chi connectivity index (χ0) is 12.8. The van der Waals surface area contributed by atoms with Gasteiger partial charge in [0.2, 0.25) is 5.91 Å². The van der Waals surface area contributed by atoms with Crippen LogP contribution in [0.2, 0.25) is 0 Å². The molecule has 0 spiro atoms. The van der Waals surface area contributed by atoms with Crippen molar-refractivity contribution in [3.8, 4) is 0 Å². The highest BCUT2D eigenvalue weighted by Crippen LogP contribution is 2.22. The zero-order valence-electron chi connectivity index (χ0n) is 10.8. The van der Waals surface area contributed by atoms with Gasteiger partial charge in [0.15, 0.2) is 0 Å². The molecule has 0 aromatic heterocycles. The number of methoxy groups -OCH3 is 1. The van der Waals surface area contributed by atoms with Crippen molar-refractivity contribution in [2.75, 3.05) is 33.4 Å². The van der Waals surface area contributed by atoms with Crippen LogP contribution < -0.4 is 5.32 Å². The second-order valence-corrected chi connectivity index (χ2v) is 4.46. The Balaban J connectivity index is 2.09. The summed E-state index contributed by atoms with van der Waals surface area (Å²) in [7, 11) is 1.62. The maximum atomic E-state index is 12.2. The van der Waals surface area contributed by atoms with Crippen LogP contribution in [0.5, 0.6) is 0 Å². The second-order valence-electron chi connectivity index (χ2n) is 4.46. The number of amides is 1. The smallest absolute Gasteiger partial charge is 0.225 e. The fourth-order valence-electron chi connectivity index (χ4n) is 2.31. The molecule has 0 saturated carbocycles. The molecule has 1 aliphatic heterocycles. The number of nitrogens with one attached hydrogen (secondary N) is 1. The number of ether oxygens (including phenoxy) is 1. The van der Waals surface area contributed by atoms with Crippen LogP contribution in [0.3, 0.4) is 0 Å². The number of nitrogens with zero attached hydrogens (tertiary/aromatic N) is 1. The van der Waals surface area contributed by atoms with Crippen molar-refractivity contribution in [1.82, 2.24) is 10.2 Å². The SMILES string of the molecule is COCCC(=O)N1CCNCC1c1ccccc1. The van der Waals surface area contributed by atoms with Crippen molar-refractivity contribution in [2.24, 2.45) is 0 Å². The molecule has 1 amide bonds. The Morgan fingerprint density at radius 3 is 2.94 bits per heavy atom. The van der Waals surface area contributed by atoms with E-state index in [1.807, 2.05) is 23.1 Å². The van der Waals surface area contributed by atoms with Crippen molar-refractivity contribution < 1.29 is 9.53 Å². The van der Waals surface area contributed by atoms with Gasteiger partial charge < -0.3 is 15.0 Å². The maximum Gasteiger partial charge on any atom is 0.225 e. The number of carbonyl (C=O) groups is 1. The summed E-state index contributed by atoms with van der Waals surface area (Å²) >= 11 is 0. The lowest BCUT2D eigenvalue weighted by Gasteiger charge is -2.36. The number of rotatable bonds is 4. The quantitative estimate of drug-likeness (QED) is 0.870. The molecule has 1 N–H and O–H groups in total. The van der Waals surface area contributed by atoms with Crippen molar-refractivity contribution in [3.63, 3.8) is 0 Å². The molecule has 18 heavy (non-hydrogen) atoms. The summed E-state index contributed by atoms with van der Waals surface area (Å²) < 4.78 is 4.98. The Labute approximate surface area is 108 Å². The number of piperazine rings is 1. The Morgan fingerprint density at radius 2 is 2.22 bits per heavy atom. The third-order valence-electron chi connectivity index (χ3n) is 3.27. The van der Waals surface area contributed by atoms with Crippen molar-refractivity contribution in [1.29, 1.82) is 0 Å². The van der Waals surface area contributed by atoms with Gasteiger partial charge in [-0.2, -0.15) is 0 Å². The van der Waals surface area contributed by atoms with Crippen molar-refractivity contribution >= 4 is 5.91 Å². The van der Waals surface area contributed by atoms with Crippen molar-refractivity contribution in [2.45, 2.75) is 12.5 Å². The van der Waals surface area contributed by atoms with Crippen LogP contribution in [0.25, 0.3) is 0 Å². The van der Waals surface area contributed by atoms with E-state index >= 15 is 0 Å². The molecule has 98 valence electrons. The molecule has 4 nitrogen and oxygen atoms in total. The molecule has 1 unspecified atom stereocenters. The van der Waals surface area contributed by atoms with Gasteiger partial charge >= 0.3 is 0 Å². The van der Waals surface area contributed by atoms with Crippen LogP contribution in [-0.2, 0) is 9.53 Å². The summed E-state index contributed by atoms with van der Waals surface area (Å²) in [6.07, 6.45) is 0.458. The van der Waals surface area contributed by atoms with Gasteiger partial charge in [-0.1, -0.05) is 30.3 Å². The van der Waals surface area contributed by atoms with Crippen LogP contribution in [0.15, 0.2) is 30.3 Å². The molecule has 2 rings (SSSR count). The van der Waals surface area contributed by atoms with Gasteiger partial charge in [0.05, 0.1) is 19.1 Å². The van der Waals surface area contributed by atoms with Crippen molar-refractivity contribution in [3.05, 3.63) is 35.9 Å². The number of hydrogen-bond donors (Lipinski definition) is 1. The average molecular weight is 248 g/mol. The van der Waals surface area contributed by atoms with Crippen LogP contribution in [0, 0.1) is 0 Å². The number of benzene rings is 1. The minimum absolute atomic E-state index is 0.143. The minimum Gasteiger partial charge on any atom is -0.384 e. The fourth-order valence-corrected chi connectivity index (χ4v) is 2.31. The summed E-state index contributed by atoms with van der Waals surface area (Å²) in [6, 6.07) is 10.3. The van der Waals surface area contributed by atoms with Gasteiger partial charge in [-0.25, -0.2) is 0 Å². The van der Waals surface area contributed by atoms with E-state index in [4.69, 9.17) is 4.74 Å². The first kappa shape index (κ1) is 13.1. The third-order valence-corrected chi connectivity index (χ3v) is 3.27. The summed E-state index contributed by atoms with van der Waals surface area (Å²) in [5.41, 5.74) is 1.19. The van der Waals surface area contributed by atoms with E-state index in [2.05, 4.69) is 17.4 Å². The molecule has 1 aromatic rings. The van der Waals surface area contributed by atoms with E-state index in [9.17, 15) is 4.79 Å². The summed E-state index contributed by atoms with van der Waals surface area (Å²) in [5, 5.41) is 3.35. The molecule has 0 aliphatic carbocycles. The number of hydrogen-bond acceptors (Lipinski definition) is 3. The summed E-state index contributed by atoms with van der Waals surface area (Å²) in [4.78, 5) is 14.1. The first-order valence-electron chi connectivity index (χ1n) is 6.37. The Hall–Kier alpha value is -1.39. The minimum atomic E-state index is 0.143. The lowest BCUT2D eigenvalue weighted by atomic mass is 10.0. The van der Waals surface area contributed by atoms with Gasteiger partial charge in [-0.15, -0.1) is 0 Å². The molecule has 1 atom stereocenters. The average Bonchev–Trinajstić information content (AvgIpc) is 2.45. The molecule has 0 bridgehead atoms. The van der Waals surface area contributed by atoms with E-state index in [1.54, 1.807) is 7.11 Å². The van der Waals surface area contributed by atoms with Crippen LogP contribution in [0.4, 0.5) is 0 Å². The first-order chi connectivity index (χ1) is 8.83. The van der Waals surface area contributed by atoms with Crippen LogP contribution in [-0.4, -0.2) is 44.2 Å². The largest absolute Gasteiger partial charge is 0.384 e. The standard InChI is InChI=1S/C14H20N2O2/c1-18-10-7-14(17)16-9-8-15-11-13(16)12-5-3-2-4-6-12/h2-6,13,15H,7-11H2,1H3. The van der Waals surface area contributed by atoms with Gasteiger partial charge in [-0.3, -0.25) is 4.79 Å². The molecule has 1 heterocycles. The Kier molecular flexibility index (Phi) is 4.73. The predicted octanol–water partition coefficient (Wildman–Crippen LogP) is 1.20. The highest BCUT2D eigenvalue weighted by atomic mass is 16.5. The summed E-state index contributed by atoms with van der Waals surface area (Å²) in [6.45, 7) is 2.94. The van der Waals surface area contributed by atoms with Crippen LogP contribution in [0.1, 0.15) is 18.0 Å². The Bertz CT molecular complexity index is 381. The highest BCUT2D eigenvalue weighted by molar-refractivity contribution is 5.77. The van der Waals surface area contributed by atoms with Gasteiger partial charge in [0, 0.05) is 26.7 Å². The van der Waals surface area contributed by atoms with Gasteiger partial charge in [0.25, 0.3) is 0 Å². The van der Waals surface area contributed by atoms with E-state index in [1.165, 1.54) is 5.56 Å². The van der Waals surface area contributed by atoms with E-state index in [0.717, 1.165) is 19.6 Å². The molecule has 1 fully saturated rings. The molecular weight excluding hydrogens is 228 g/mol. The second kappa shape index (κ2) is 6.52. The maximum absolute atomic E-state index is 12.2. The van der Waals surface area contributed by atoms with E-state index in [0.29, 0.717) is 13.0 Å². The molecule has 1 aromatic carbocycles. The number of carbonyl (C=O) groups excluding carboxylic acids is 1. The predicted molar refractivity (Wildman–Crippen MR) is 70.3 cm³/mol. The van der Waals surface area contributed by atoms with E-state index < -0.39 is 0 Å². The molecular formula is C14H20N2O2. The summed E-state index contributed by atoms with van der Waals surface area (Å²) in [5.74, 6) is 0.173. The topological polar surface area (TPSA) is 41.6 Å². The zero-order valence-corrected chi connectivity index (χ0v) is 10.8. The monoisotopic (exact) mass is 248 g/mol.